The molecule has 128 valence electrons. The number of rotatable bonds is 4. The third-order valence-corrected chi connectivity index (χ3v) is 4.78. The summed E-state index contributed by atoms with van der Waals surface area (Å²) in [6.07, 6.45) is 2.91. The molecule has 1 aliphatic heterocycles. The van der Waals surface area contributed by atoms with E-state index in [2.05, 4.69) is 0 Å². The molecule has 2 aromatic rings. The molecule has 4 nitrogen and oxygen atoms in total. The highest BCUT2D eigenvalue weighted by molar-refractivity contribution is 6.07. The van der Waals surface area contributed by atoms with Gasteiger partial charge >= 0.3 is 0 Å². The number of aliphatic hydroxyl groups excluding tert-OH is 1. The Morgan fingerprint density at radius 3 is 2.36 bits per heavy atom. The van der Waals surface area contributed by atoms with E-state index in [0.717, 1.165) is 5.56 Å². The lowest BCUT2D eigenvalue weighted by molar-refractivity contribution is -0.136. The maximum atomic E-state index is 12.8. The van der Waals surface area contributed by atoms with Gasteiger partial charge in [0.2, 0.25) is 5.91 Å². The molecular formula is C21H21NO3. The molecule has 0 spiro atoms. The molecule has 1 aliphatic rings. The highest BCUT2D eigenvalue weighted by Gasteiger charge is 2.49. The molecule has 3 rings (SSSR count). The summed E-state index contributed by atoms with van der Waals surface area (Å²) < 4.78 is 0. The standard InChI is InChI=1S/C21H21NO3/c1-21(18(23)13-12-16-8-4-2-5-9-16)14-15-22(20(21)25)19(24)17-10-6-3-7-11-17/h2-13,18,23H,14-15H2,1H3/b13-12+/t18-,21+/m0/s1. The fraction of sp³-hybridized carbons (Fsp3) is 0.238. The monoisotopic (exact) mass is 335 g/mol. The number of hydrogen-bond donors (Lipinski definition) is 1. The van der Waals surface area contributed by atoms with Crippen LogP contribution in [0.15, 0.2) is 66.7 Å². The third kappa shape index (κ3) is 3.39. The van der Waals surface area contributed by atoms with Crippen molar-refractivity contribution in [1.82, 2.24) is 4.90 Å². The third-order valence-electron chi connectivity index (χ3n) is 4.78. The molecule has 0 unspecified atom stereocenters. The number of amides is 2. The van der Waals surface area contributed by atoms with Crippen molar-refractivity contribution in [2.75, 3.05) is 6.54 Å². The first kappa shape index (κ1) is 17.1. The summed E-state index contributed by atoms with van der Waals surface area (Å²) in [6, 6.07) is 18.3. The summed E-state index contributed by atoms with van der Waals surface area (Å²) in [5.41, 5.74) is 0.442. The van der Waals surface area contributed by atoms with Crippen LogP contribution in [0.4, 0.5) is 0 Å². The molecule has 2 amide bonds. The number of nitrogens with zero attached hydrogens (tertiary/aromatic N) is 1. The number of aliphatic hydroxyl groups is 1. The van der Waals surface area contributed by atoms with Gasteiger partial charge in [-0.25, -0.2) is 0 Å². The van der Waals surface area contributed by atoms with Gasteiger partial charge in [0.05, 0.1) is 11.5 Å². The molecule has 25 heavy (non-hydrogen) atoms. The number of carbonyl (C=O) groups is 2. The molecule has 2 atom stereocenters. The van der Waals surface area contributed by atoms with Crippen molar-refractivity contribution in [3.05, 3.63) is 77.9 Å². The van der Waals surface area contributed by atoms with Crippen LogP contribution in [-0.2, 0) is 4.79 Å². The van der Waals surface area contributed by atoms with E-state index in [1.165, 1.54) is 4.90 Å². The fourth-order valence-corrected chi connectivity index (χ4v) is 3.04. The van der Waals surface area contributed by atoms with Gasteiger partial charge in [-0.1, -0.05) is 60.7 Å². The van der Waals surface area contributed by atoms with Crippen molar-refractivity contribution >= 4 is 17.9 Å². The van der Waals surface area contributed by atoms with Gasteiger partial charge in [-0.3, -0.25) is 14.5 Å². The van der Waals surface area contributed by atoms with Gasteiger partial charge in [0.15, 0.2) is 0 Å². The predicted molar refractivity (Wildman–Crippen MR) is 96.7 cm³/mol. The fourth-order valence-electron chi connectivity index (χ4n) is 3.04. The van der Waals surface area contributed by atoms with E-state index in [4.69, 9.17) is 0 Å². The Morgan fingerprint density at radius 1 is 1.12 bits per heavy atom. The Bertz CT molecular complexity index is 785. The lowest BCUT2D eigenvalue weighted by Gasteiger charge is -2.26. The lowest BCUT2D eigenvalue weighted by atomic mass is 9.82. The van der Waals surface area contributed by atoms with Gasteiger partial charge in [-0.05, 0) is 31.0 Å². The summed E-state index contributed by atoms with van der Waals surface area (Å²) >= 11 is 0. The van der Waals surface area contributed by atoms with Gasteiger partial charge in [0, 0.05) is 12.1 Å². The predicted octanol–water partition coefficient (Wildman–Crippen LogP) is 3.14. The minimum atomic E-state index is -0.990. The van der Waals surface area contributed by atoms with Gasteiger partial charge in [0.25, 0.3) is 5.91 Å². The Morgan fingerprint density at radius 2 is 1.72 bits per heavy atom. The molecule has 1 heterocycles. The second-order valence-electron chi connectivity index (χ2n) is 6.51. The first-order valence-corrected chi connectivity index (χ1v) is 8.35. The van der Waals surface area contributed by atoms with Gasteiger partial charge in [0.1, 0.15) is 0 Å². The van der Waals surface area contributed by atoms with Crippen molar-refractivity contribution in [3.63, 3.8) is 0 Å². The minimum Gasteiger partial charge on any atom is -0.388 e. The summed E-state index contributed by atoms with van der Waals surface area (Å²) in [5, 5.41) is 10.6. The van der Waals surface area contributed by atoms with Crippen LogP contribution < -0.4 is 0 Å². The molecule has 1 fully saturated rings. The van der Waals surface area contributed by atoms with E-state index in [9.17, 15) is 14.7 Å². The molecule has 0 aromatic heterocycles. The molecule has 1 N–H and O–H groups in total. The van der Waals surface area contributed by atoms with E-state index in [1.54, 1.807) is 43.3 Å². The molecule has 0 bridgehead atoms. The Kier molecular flexibility index (Phi) is 4.81. The Balaban J connectivity index is 1.75. The average molecular weight is 335 g/mol. The van der Waals surface area contributed by atoms with E-state index in [-0.39, 0.29) is 11.8 Å². The van der Waals surface area contributed by atoms with Crippen LogP contribution in [0.1, 0.15) is 29.3 Å². The van der Waals surface area contributed by atoms with Crippen LogP contribution in [0.3, 0.4) is 0 Å². The van der Waals surface area contributed by atoms with E-state index in [1.807, 2.05) is 36.4 Å². The lowest BCUT2D eigenvalue weighted by Crippen LogP contribution is -2.42. The maximum Gasteiger partial charge on any atom is 0.260 e. The summed E-state index contributed by atoms with van der Waals surface area (Å²) in [7, 11) is 0. The van der Waals surface area contributed by atoms with Crippen LogP contribution in [-0.4, -0.2) is 34.5 Å². The van der Waals surface area contributed by atoms with Crippen molar-refractivity contribution in [2.24, 2.45) is 5.41 Å². The second-order valence-corrected chi connectivity index (χ2v) is 6.51. The molecule has 0 radical (unpaired) electrons. The number of hydrogen-bond acceptors (Lipinski definition) is 3. The van der Waals surface area contributed by atoms with Crippen molar-refractivity contribution in [1.29, 1.82) is 0 Å². The maximum absolute atomic E-state index is 12.8. The van der Waals surface area contributed by atoms with Crippen molar-refractivity contribution in [2.45, 2.75) is 19.4 Å². The van der Waals surface area contributed by atoms with Crippen molar-refractivity contribution in [3.8, 4) is 0 Å². The summed E-state index contributed by atoms with van der Waals surface area (Å²) in [6.45, 7) is 2.03. The van der Waals surface area contributed by atoms with Crippen molar-refractivity contribution < 1.29 is 14.7 Å². The van der Waals surface area contributed by atoms with Gasteiger partial charge < -0.3 is 5.11 Å². The first-order valence-electron chi connectivity index (χ1n) is 8.35. The zero-order valence-electron chi connectivity index (χ0n) is 14.1. The molecule has 2 aromatic carbocycles. The van der Waals surface area contributed by atoms with Gasteiger partial charge in [-0.15, -0.1) is 0 Å². The van der Waals surface area contributed by atoms with Crippen LogP contribution in [0.2, 0.25) is 0 Å². The molecule has 1 saturated heterocycles. The van der Waals surface area contributed by atoms with E-state index in [0.29, 0.717) is 18.5 Å². The number of carbonyl (C=O) groups excluding carboxylic acids is 2. The van der Waals surface area contributed by atoms with Crippen LogP contribution in [0.25, 0.3) is 6.08 Å². The molecular weight excluding hydrogens is 314 g/mol. The minimum absolute atomic E-state index is 0.312. The molecule has 0 aliphatic carbocycles. The van der Waals surface area contributed by atoms with E-state index >= 15 is 0 Å². The van der Waals surface area contributed by atoms with E-state index < -0.39 is 11.5 Å². The Hall–Kier alpha value is -2.72. The number of likely N-dealkylation sites (tertiary alicyclic amines) is 1. The van der Waals surface area contributed by atoms with Crippen LogP contribution in [0, 0.1) is 5.41 Å². The average Bonchev–Trinajstić information content (AvgIpc) is 2.97. The highest BCUT2D eigenvalue weighted by Crippen LogP contribution is 2.36. The quantitative estimate of drug-likeness (QED) is 0.873. The summed E-state index contributed by atoms with van der Waals surface area (Å²) in [4.78, 5) is 26.6. The number of benzene rings is 2. The Labute approximate surface area is 147 Å². The van der Waals surface area contributed by atoms with Gasteiger partial charge in [-0.2, -0.15) is 0 Å². The zero-order chi connectivity index (χ0) is 17.9. The topological polar surface area (TPSA) is 57.6 Å². The highest BCUT2D eigenvalue weighted by atomic mass is 16.3. The molecule has 0 saturated carbocycles. The SMILES string of the molecule is C[C@]1([C@@H](O)/C=C/c2ccccc2)CCN(C(=O)c2ccccc2)C1=O. The number of imide groups is 1. The summed E-state index contributed by atoms with van der Waals surface area (Å²) in [5.74, 6) is -0.639. The normalized spacial score (nSPS) is 21.7. The van der Waals surface area contributed by atoms with Crippen LogP contribution >= 0.6 is 0 Å². The first-order chi connectivity index (χ1) is 12.0. The van der Waals surface area contributed by atoms with Crippen LogP contribution in [0.5, 0.6) is 0 Å². The smallest absolute Gasteiger partial charge is 0.260 e. The second kappa shape index (κ2) is 7.03. The zero-order valence-corrected chi connectivity index (χ0v) is 14.1. The largest absolute Gasteiger partial charge is 0.388 e. The molecule has 4 heteroatoms.